The van der Waals surface area contributed by atoms with E-state index in [4.69, 9.17) is 14.0 Å². The number of amides is 1. The molecule has 3 atom stereocenters. The van der Waals surface area contributed by atoms with Crippen LogP contribution in [0.3, 0.4) is 0 Å². The smallest absolute Gasteiger partial charge is 0.410 e. The van der Waals surface area contributed by atoms with Crippen LogP contribution in [0, 0.1) is 0 Å². The number of ether oxygens (including phenoxy) is 1. The Kier molecular flexibility index (Phi) is 7.44. The molecule has 180 valence electrons. The van der Waals surface area contributed by atoms with Crippen LogP contribution >= 0.6 is 0 Å². The van der Waals surface area contributed by atoms with Gasteiger partial charge in [0.1, 0.15) is 11.7 Å². The summed E-state index contributed by atoms with van der Waals surface area (Å²) < 4.78 is 12.5. The molecule has 0 unspecified atom stereocenters. The average Bonchev–Trinajstić information content (AvgIpc) is 3.27. The predicted octanol–water partition coefficient (Wildman–Crippen LogP) is 5.59. The van der Waals surface area contributed by atoms with Crippen LogP contribution in [0.5, 0.6) is 0 Å². The average molecular weight is 463 g/mol. The molecule has 2 aliphatic rings. The summed E-state index contributed by atoms with van der Waals surface area (Å²) in [5.74, 6) is 0. The van der Waals surface area contributed by atoms with Crippen molar-refractivity contribution < 1.29 is 18.8 Å². The third-order valence-corrected chi connectivity index (χ3v) is 11.3. The van der Waals surface area contributed by atoms with Gasteiger partial charge in [-0.05, 0) is 57.3 Å². The van der Waals surface area contributed by atoms with Crippen molar-refractivity contribution in [1.29, 1.82) is 0 Å². The van der Waals surface area contributed by atoms with Gasteiger partial charge in [0.2, 0.25) is 0 Å². The number of likely N-dealkylation sites (tertiary alicyclic amines) is 1. The van der Waals surface area contributed by atoms with Crippen LogP contribution in [0.25, 0.3) is 0 Å². The van der Waals surface area contributed by atoms with E-state index in [0.29, 0.717) is 6.54 Å². The molecule has 3 rings (SSSR count). The molecule has 0 spiro atoms. The minimum Gasteiger partial charge on any atom is -0.444 e. The highest BCUT2D eigenvalue weighted by molar-refractivity contribution is 6.74. The van der Waals surface area contributed by atoms with E-state index in [1.165, 1.54) is 5.56 Å². The molecular formula is C25H42N2O4Si. The SMILES string of the molecule is CC(C)(C)OC(=O)N1C[C@H](O[Si](C)(C)C(C)(C)C)C[C@H]1[C@H]1CCN(Cc2ccccc2)O1. The molecule has 1 aromatic rings. The van der Waals surface area contributed by atoms with E-state index < -0.39 is 13.9 Å². The molecule has 2 heterocycles. The van der Waals surface area contributed by atoms with Gasteiger partial charge in [-0.1, -0.05) is 51.1 Å². The number of carbonyl (C=O) groups is 1. The van der Waals surface area contributed by atoms with E-state index in [9.17, 15) is 4.79 Å². The van der Waals surface area contributed by atoms with Crippen molar-refractivity contribution in [2.75, 3.05) is 13.1 Å². The van der Waals surface area contributed by atoms with E-state index in [1.807, 2.05) is 48.9 Å². The molecule has 0 radical (unpaired) electrons. The number of hydrogen-bond acceptors (Lipinski definition) is 5. The van der Waals surface area contributed by atoms with Crippen molar-refractivity contribution in [3.05, 3.63) is 35.9 Å². The summed E-state index contributed by atoms with van der Waals surface area (Å²) in [6.45, 7) is 19.2. The number of hydroxylamine groups is 2. The van der Waals surface area contributed by atoms with Crippen LogP contribution in [-0.4, -0.2) is 61.3 Å². The zero-order valence-corrected chi connectivity index (χ0v) is 22.2. The molecule has 32 heavy (non-hydrogen) atoms. The molecule has 0 bridgehead atoms. The largest absolute Gasteiger partial charge is 0.444 e. The van der Waals surface area contributed by atoms with Gasteiger partial charge in [-0.2, -0.15) is 5.06 Å². The fourth-order valence-corrected chi connectivity index (χ4v) is 5.48. The number of nitrogens with zero attached hydrogens (tertiary/aromatic N) is 2. The Morgan fingerprint density at radius 1 is 1.12 bits per heavy atom. The van der Waals surface area contributed by atoms with Gasteiger partial charge in [0.05, 0.1) is 12.1 Å². The van der Waals surface area contributed by atoms with E-state index in [2.05, 4.69) is 46.0 Å². The zero-order valence-electron chi connectivity index (χ0n) is 21.2. The van der Waals surface area contributed by atoms with Gasteiger partial charge >= 0.3 is 6.09 Å². The quantitative estimate of drug-likeness (QED) is 0.534. The van der Waals surface area contributed by atoms with Crippen molar-refractivity contribution in [1.82, 2.24) is 9.96 Å². The second kappa shape index (κ2) is 9.45. The van der Waals surface area contributed by atoms with Gasteiger partial charge in [-0.25, -0.2) is 4.79 Å². The Morgan fingerprint density at radius 3 is 2.38 bits per heavy atom. The summed E-state index contributed by atoms with van der Waals surface area (Å²) in [6.07, 6.45) is 1.38. The van der Waals surface area contributed by atoms with Crippen LogP contribution in [0.2, 0.25) is 18.1 Å². The molecule has 2 saturated heterocycles. The fraction of sp³-hybridized carbons (Fsp3) is 0.720. The third-order valence-electron chi connectivity index (χ3n) is 6.78. The first-order valence-corrected chi connectivity index (χ1v) is 14.8. The molecule has 2 fully saturated rings. The molecule has 7 heteroatoms. The lowest BCUT2D eigenvalue weighted by Crippen LogP contribution is -2.46. The van der Waals surface area contributed by atoms with Gasteiger partial charge in [0, 0.05) is 19.6 Å². The maximum atomic E-state index is 13.1. The van der Waals surface area contributed by atoms with Gasteiger partial charge in [-0.3, -0.25) is 9.74 Å². The normalized spacial score (nSPS) is 25.4. The summed E-state index contributed by atoms with van der Waals surface area (Å²) >= 11 is 0. The van der Waals surface area contributed by atoms with Crippen LogP contribution in [0.4, 0.5) is 4.79 Å². The highest BCUT2D eigenvalue weighted by atomic mass is 28.4. The molecule has 1 amide bonds. The zero-order chi connectivity index (χ0) is 23.7. The van der Waals surface area contributed by atoms with E-state index in [-0.39, 0.29) is 29.4 Å². The van der Waals surface area contributed by atoms with Crippen LogP contribution in [-0.2, 0) is 20.5 Å². The molecule has 0 saturated carbocycles. The highest BCUT2D eigenvalue weighted by Crippen LogP contribution is 2.40. The van der Waals surface area contributed by atoms with Crippen molar-refractivity contribution in [2.45, 2.75) is 103 Å². The molecule has 2 aliphatic heterocycles. The first-order valence-electron chi connectivity index (χ1n) is 11.9. The van der Waals surface area contributed by atoms with Crippen molar-refractivity contribution >= 4 is 14.4 Å². The Morgan fingerprint density at radius 2 is 1.78 bits per heavy atom. The van der Waals surface area contributed by atoms with E-state index >= 15 is 0 Å². The summed E-state index contributed by atoms with van der Waals surface area (Å²) in [4.78, 5) is 21.3. The summed E-state index contributed by atoms with van der Waals surface area (Å²) in [5.41, 5.74) is 0.693. The molecule has 0 aliphatic carbocycles. The maximum Gasteiger partial charge on any atom is 0.410 e. The minimum atomic E-state index is -1.94. The summed E-state index contributed by atoms with van der Waals surface area (Å²) in [5, 5.41) is 2.15. The maximum absolute atomic E-state index is 13.1. The third kappa shape index (κ3) is 6.34. The fourth-order valence-electron chi connectivity index (χ4n) is 4.12. The van der Waals surface area contributed by atoms with Crippen molar-refractivity contribution in [3.8, 4) is 0 Å². The van der Waals surface area contributed by atoms with Crippen LogP contribution in [0.15, 0.2) is 30.3 Å². The van der Waals surface area contributed by atoms with E-state index in [1.54, 1.807) is 0 Å². The number of rotatable bonds is 5. The van der Waals surface area contributed by atoms with Crippen LogP contribution < -0.4 is 0 Å². The monoisotopic (exact) mass is 462 g/mol. The molecule has 6 nitrogen and oxygen atoms in total. The van der Waals surface area contributed by atoms with Gasteiger partial charge < -0.3 is 9.16 Å². The lowest BCUT2D eigenvalue weighted by atomic mass is 10.1. The highest BCUT2D eigenvalue weighted by Gasteiger charge is 2.48. The summed E-state index contributed by atoms with van der Waals surface area (Å²) in [6, 6.07) is 10.3. The standard InChI is InChI=1S/C25H42N2O4Si/c1-24(2,3)29-23(28)27-18-20(31-32(7,8)25(4,5)6)16-21(27)22-14-15-26(30-22)17-19-12-10-9-11-13-19/h9-13,20-22H,14-18H2,1-8H3/t20-,21+,22-/m1/s1. The lowest BCUT2D eigenvalue weighted by molar-refractivity contribution is -0.166. The second-order valence-corrected chi connectivity index (χ2v) is 16.5. The van der Waals surface area contributed by atoms with Crippen molar-refractivity contribution in [3.63, 3.8) is 0 Å². The Bertz CT molecular complexity index is 772. The lowest BCUT2D eigenvalue weighted by Gasteiger charge is -2.38. The minimum absolute atomic E-state index is 0.0141. The first-order chi connectivity index (χ1) is 14.7. The molecule has 0 aromatic heterocycles. The van der Waals surface area contributed by atoms with Crippen molar-refractivity contribution in [2.24, 2.45) is 0 Å². The van der Waals surface area contributed by atoms with E-state index in [0.717, 1.165) is 25.9 Å². The Labute approximate surface area is 195 Å². The first kappa shape index (κ1) is 25.2. The molecule has 0 N–H and O–H groups in total. The topological polar surface area (TPSA) is 51.2 Å². The second-order valence-electron chi connectivity index (χ2n) is 11.7. The van der Waals surface area contributed by atoms with Gasteiger partial charge in [-0.15, -0.1) is 0 Å². The van der Waals surface area contributed by atoms with Gasteiger partial charge in [0.15, 0.2) is 8.32 Å². The number of hydrogen-bond donors (Lipinski definition) is 0. The molecular weight excluding hydrogens is 420 g/mol. The van der Waals surface area contributed by atoms with Crippen LogP contribution in [0.1, 0.15) is 59.9 Å². The Balaban J connectivity index is 1.71. The predicted molar refractivity (Wildman–Crippen MR) is 130 cm³/mol. The molecule has 1 aromatic carbocycles. The van der Waals surface area contributed by atoms with Gasteiger partial charge in [0.25, 0.3) is 0 Å². The number of carbonyl (C=O) groups excluding carboxylic acids is 1. The number of benzene rings is 1. The Hall–Kier alpha value is -1.41. The summed E-state index contributed by atoms with van der Waals surface area (Å²) in [7, 11) is -1.94.